The second-order valence-corrected chi connectivity index (χ2v) is 5.89. The van der Waals surface area contributed by atoms with Crippen molar-refractivity contribution in [1.29, 1.82) is 0 Å². The Labute approximate surface area is 126 Å². The van der Waals surface area contributed by atoms with E-state index in [1.54, 1.807) is 6.92 Å². The maximum absolute atomic E-state index is 12.4. The summed E-state index contributed by atoms with van der Waals surface area (Å²) in [7, 11) is -5.76. The van der Waals surface area contributed by atoms with Crippen LogP contribution in [0, 0.1) is 6.92 Å². The van der Waals surface area contributed by atoms with E-state index in [9.17, 15) is 26.4 Å². The summed E-state index contributed by atoms with van der Waals surface area (Å²) in [6.07, 6.45) is -0.0943. The Bertz CT molecular complexity index is 638. The van der Waals surface area contributed by atoms with E-state index in [4.69, 9.17) is 4.74 Å². The van der Waals surface area contributed by atoms with Crippen molar-refractivity contribution < 1.29 is 35.3 Å². The summed E-state index contributed by atoms with van der Waals surface area (Å²) >= 11 is 0. The summed E-state index contributed by atoms with van der Waals surface area (Å²) < 4.78 is 68.4. The van der Waals surface area contributed by atoms with Crippen molar-refractivity contribution >= 4 is 16.1 Å². The molecule has 0 heterocycles. The number of esters is 1. The van der Waals surface area contributed by atoms with Gasteiger partial charge >= 0.3 is 21.6 Å². The van der Waals surface area contributed by atoms with Gasteiger partial charge in [0, 0.05) is 6.42 Å². The van der Waals surface area contributed by atoms with Gasteiger partial charge in [0.1, 0.15) is 5.75 Å². The molecule has 0 spiro atoms. The van der Waals surface area contributed by atoms with Crippen LogP contribution in [-0.4, -0.2) is 26.5 Å². The van der Waals surface area contributed by atoms with Crippen LogP contribution < -0.4 is 4.18 Å². The summed E-state index contributed by atoms with van der Waals surface area (Å²) in [5.74, 6) is -0.947. The van der Waals surface area contributed by atoms with Crippen LogP contribution in [0.5, 0.6) is 5.75 Å². The summed E-state index contributed by atoms with van der Waals surface area (Å²) in [5.41, 5.74) is -5.12. The molecule has 0 saturated carbocycles. The number of para-hydroxylation sites is 1. The third kappa shape index (κ3) is 4.62. The first kappa shape index (κ1) is 18.3. The second kappa shape index (κ2) is 6.99. The van der Waals surface area contributed by atoms with Crippen molar-refractivity contribution in [2.24, 2.45) is 0 Å². The number of hydrogen-bond donors (Lipinski definition) is 0. The number of ether oxygens (including phenoxy) is 1. The highest BCUT2D eigenvalue weighted by molar-refractivity contribution is 7.88. The first-order valence-corrected chi connectivity index (χ1v) is 7.74. The molecule has 5 nitrogen and oxygen atoms in total. The summed E-state index contributed by atoms with van der Waals surface area (Å²) in [5, 5.41) is 0. The van der Waals surface area contributed by atoms with E-state index in [-0.39, 0.29) is 30.6 Å². The third-order valence-corrected chi connectivity index (χ3v) is 3.63. The predicted octanol–water partition coefficient (Wildman–Crippen LogP) is 2.72. The Balaban J connectivity index is 3.03. The highest BCUT2D eigenvalue weighted by atomic mass is 32.2. The monoisotopic (exact) mass is 340 g/mol. The normalized spacial score (nSPS) is 12.0. The number of benzene rings is 1. The number of carbonyl (C=O) groups excluding carboxylic acids is 1. The molecule has 0 N–H and O–H groups in total. The molecule has 0 unspecified atom stereocenters. The van der Waals surface area contributed by atoms with Crippen LogP contribution in [0.4, 0.5) is 13.2 Å². The average molecular weight is 340 g/mol. The minimum absolute atomic E-state index is 0.00320. The van der Waals surface area contributed by atoms with Gasteiger partial charge in [-0.2, -0.15) is 21.6 Å². The van der Waals surface area contributed by atoms with Crippen LogP contribution >= 0.6 is 0 Å². The lowest BCUT2D eigenvalue weighted by Gasteiger charge is -2.15. The topological polar surface area (TPSA) is 69.7 Å². The Morgan fingerprint density at radius 2 is 1.91 bits per heavy atom. The van der Waals surface area contributed by atoms with E-state index in [0.717, 1.165) is 0 Å². The molecule has 0 amide bonds. The van der Waals surface area contributed by atoms with Gasteiger partial charge < -0.3 is 8.92 Å². The number of rotatable bonds is 6. The van der Waals surface area contributed by atoms with Crippen LogP contribution in [0.3, 0.4) is 0 Å². The molecule has 0 aromatic heterocycles. The fraction of sp³-hybridized carbons (Fsp3) is 0.462. The van der Waals surface area contributed by atoms with Gasteiger partial charge in [0.25, 0.3) is 0 Å². The molecule has 1 aromatic carbocycles. The lowest BCUT2D eigenvalue weighted by Crippen LogP contribution is -2.28. The Kier molecular flexibility index (Phi) is 5.81. The van der Waals surface area contributed by atoms with Gasteiger partial charge in [-0.25, -0.2) is 0 Å². The highest BCUT2D eigenvalue weighted by Gasteiger charge is 2.49. The first-order valence-electron chi connectivity index (χ1n) is 6.33. The summed E-state index contributed by atoms with van der Waals surface area (Å²) in [6.45, 7) is 3.21. The molecule has 22 heavy (non-hydrogen) atoms. The van der Waals surface area contributed by atoms with E-state index in [1.807, 2.05) is 0 Å². The van der Waals surface area contributed by atoms with Crippen molar-refractivity contribution in [2.45, 2.75) is 32.2 Å². The fourth-order valence-corrected chi connectivity index (χ4v) is 2.21. The van der Waals surface area contributed by atoms with Crippen LogP contribution in [0.1, 0.15) is 24.5 Å². The maximum Gasteiger partial charge on any atom is 0.534 e. The van der Waals surface area contributed by atoms with Gasteiger partial charge in [-0.1, -0.05) is 18.2 Å². The minimum atomic E-state index is -5.76. The van der Waals surface area contributed by atoms with Crippen molar-refractivity contribution in [3.63, 3.8) is 0 Å². The molecule has 0 bridgehead atoms. The third-order valence-electron chi connectivity index (χ3n) is 2.67. The maximum atomic E-state index is 12.4. The summed E-state index contributed by atoms with van der Waals surface area (Å²) in [6, 6.07) is 4.34. The molecule has 1 aromatic rings. The van der Waals surface area contributed by atoms with Gasteiger partial charge in [0.05, 0.1) is 6.61 Å². The van der Waals surface area contributed by atoms with Gasteiger partial charge in [-0.3, -0.25) is 4.79 Å². The molecule has 0 radical (unpaired) electrons. The SMILES string of the molecule is CCOC(=O)CCc1cccc(C)c1OS(=O)(=O)C(F)(F)F. The quantitative estimate of drug-likeness (QED) is 0.452. The molecule has 124 valence electrons. The Morgan fingerprint density at radius 1 is 1.27 bits per heavy atom. The molecule has 0 aliphatic rings. The number of carbonyl (C=O) groups is 1. The van der Waals surface area contributed by atoms with Gasteiger partial charge in [-0.15, -0.1) is 0 Å². The van der Waals surface area contributed by atoms with Crippen molar-refractivity contribution in [1.82, 2.24) is 0 Å². The largest absolute Gasteiger partial charge is 0.534 e. The highest BCUT2D eigenvalue weighted by Crippen LogP contribution is 2.31. The Morgan fingerprint density at radius 3 is 2.45 bits per heavy atom. The molecule has 1 rings (SSSR count). The van der Waals surface area contributed by atoms with Crippen LogP contribution in [0.2, 0.25) is 0 Å². The number of halogens is 3. The average Bonchev–Trinajstić information content (AvgIpc) is 2.38. The lowest BCUT2D eigenvalue weighted by molar-refractivity contribution is -0.143. The van der Waals surface area contributed by atoms with E-state index >= 15 is 0 Å². The Hall–Kier alpha value is -1.77. The molecule has 0 aliphatic carbocycles. The summed E-state index contributed by atoms with van der Waals surface area (Å²) in [4.78, 5) is 11.3. The molecule has 0 fully saturated rings. The zero-order chi connectivity index (χ0) is 17.0. The minimum Gasteiger partial charge on any atom is -0.466 e. The predicted molar refractivity (Wildman–Crippen MR) is 71.7 cm³/mol. The van der Waals surface area contributed by atoms with Crippen LogP contribution in [-0.2, 0) is 26.1 Å². The van der Waals surface area contributed by atoms with E-state index in [1.165, 1.54) is 25.1 Å². The molecule has 9 heteroatoms. The molecule has 0 atom stereocenters. The molecule has 0 aliphatic heterocycles. The van der Waals surface area contributed by atoms with Crippen molar-refractivity contribution in [2.75, 3.05) is 6.61 Å². The molecular weight excluding hydrogens is 325 g/mol. The smallest absolute Gasteiger partial charge is 0.466 e. The van der Waals surface area contributed by atoms with E-state index < -0.39 is 27.3 Å². The second-order valence-electron chi connectivity index (χ2n) is 4.35. The van der Waals surface area contributed by atoms with Crippen LogP contribution in [0.15, 0.2) is 18.2 Å². The lowest BCUT2D eigenvalue weighted by atomic mass is 10.1. The van der Waals surface area contributed by atoms with E-state index in [0.29, 0.717) is 0 Å². The zero-order valence-electron chi connectivity index (χ0n) is 11.9. The molecular formula is C13H15F3O5S. The number of hydrogen-bond acceptors (Lipinski definition) is 5. The van der Waals surface area contributed by atoms with E-state index in [2.05, 4.69) is 4.18 Å². The van der Waals surface area contributed by atoms with Crippen molar-refractivity contribution in [3.8, 4) is 5.75 Å². The number of alkyl halides is 3. The van der Waals surface area contributed by atoms with Crippen molar-refractivity contribution in [3.05, 3.63) is 29.3 Å². The standard InChI is InChI=1S/C13H15F3O5S/c1-3-20-11(17)8-7-10-6-4-5-9(2)12(10)21-22(18,19)13(14,15)16/h4-6H,3,7-8H2,1-2H3. The van der Waals surface area contributed by atoms with Gasteiger partial charge in [0.2, 0.25) is 0 Å². The zero-order valence-corrected chi connectivity index (χ0v) is 12.8. The molecule has 0 saturated heterocycles. The van der Waals surface area contributed by atoms with Crippen LogP contribution in [0.25, 0.3) is 0 Å². The van der Waals surface area contributed by atoms with Gasteiger partial charge in [0.15, 0.2) is 0 Å². The number of aryl methyl sites for hydroxylation is 2. The van der Waals surface area contributed by atoms with Gasteiger partial charge in [-0.05, 0) is 31.4 Å². The first-order chi connectivity index (χ1) is 10.1. The fourth-order valence-electron chi connectivity index (χ4n) is 1.66.